The Kier molecular flexibility index (Phi) is 14.4. The molecule has 3 aromatic rings. The van der Waals surface area contributed by atoms with Crippen molar-refractivity contribution in [3.05, 3.63) is 84.2 Å². The van der Waals surface area contributed by atoms with Crippen molar-refractivity contribution in [3.8, 4) is 0 Å². The fourth-order valence-corrected chi connectivity index (χ4v) is 7.38. The summed E-state index contributed by atoms with van der Waals surface area (Å²) in [5, 5.41) is 17.7. The van der Waals surface area contributed by atoms with Crippen LogP contribution in [0.5, 0.6) is 0 Å². The van der Waals surface area contributed by atoms with Crippen molar-refractivity contribution < 1.29 is 19.5 Å². The Hall–Kier alpha value is -4.09. The molecule has 2 aliphatic rings. The number of carbonyl (C=O) groups excluding carboxylic acids is 3. The molecule has 2 fully saturated rings. The molecule has 11 heteroatoms. The number of aliphatic hydroxyl groups is 1. The van der Waals surface area contributed by atoms with E-state index in [1.807, 2.05) is 48.5 Å². The number of likely N-dealkylation sites (tertiary alicyclic amines) is 1. The number of H-pyrrole nitrogens is 1. The first-order chi connectivity index (χ1) is 24.3. The lowest BCUT2D eigenvalue weighted by Crippen LogP contribution is -2.55. The number of piperidine rings is 1. The predicted octanol–water partition coefficient (Wildman–Crippen LogP) is 3.87. The standard InChI is InChI=1S/C39H55N7O4/c40-31-17-20-46(21-18-31)37(48)24-30(22-28-10-3-1-4-11-28)38(49)45-35(25-33-26-41-27-43-33)39(50)44-34(23-29-12-5-2-6-13-29)36(47)16-9-15-32-14-7-8-19-42-32/h1,3-4,7-8,10-11,14,19,26-27,29-31,34-36,47H,2,5-6,9,12-13,15-18,20-25,40H2,(H,41,43)(H,44,50)(H,45,49)/t30-,34+,35+,36+/m1/s1. The zero-order chi connectivity index (χ0) is 35.1. The number of aryl methyl sites for hydroxylation is 1. The number of hydrogen-bond acceptors (Lipinski definition) is 7. The minimum Gasteiger partial charge on any atom is -0.391 e. The highest BCUT2D eigenvalue weighted by atomic mass is 16.3. The minimum absolute atomic E-state index is 0.0354. The topological polar surface area (TPSA) is 166 Å². The normalized spacial score (nSPS) is 18.2. The molecule has 1 aromatic carbocycles. The van der Waals surface area contributed by atoms with Crippen LogP contribution in [0.25, 0.3) is 0 Å². The van der Waals surface area contributed by atoms with E-state index < -0.39 is 24.1 Å². The van der Waals surface area contributed by atoms with Gasteiger partial charge in [-0.2, -0.15) is 0 Å². The number of hydrogen-bond donors (Lipinski definition) is 5. The molecule has 0 bridgehead atoms. The van der Waals surface area contributed by atoms with Crippen LogP contribution in [-0.2, 0) is 33.6 Å². The highest BCUT2D eigenvalue weighted by Gasteiger charge is 2.33. The van der Waals surface area contributed by atoms with Gasteiger partial charge in [0.05, 0.1) is 24.4 Å². The number of aromatic amines is 1. The van der Waals surface area contributed by atoms with Crippen molar-refractivity contribution in [2.24, 2.45) is 17.6 Å². The van der Waals surface area contributed by atoms with E-state index in [-0.39, 0.29) is 36.6 Å². The maximum atomic E-state index is 14.2. The van der Waals surface area contributed by atoms with Gasteiger partial charge in [-0.15, -0.1) is 0 Å². The first-order valence-corrected chi connectivity index (χ1v) is 18.6. The third-order valence-corrected chi connectivity index (χ3v) is 10.4. The van der Waals surface area contributed by atoms with E-state index >= 15 is 0 Å². The Labute approximate surface area is 296 Å². The Morgan fingerprint density at radius 1 is 0.940 bits per heavy atom. The van der Waals surface area contributed by atoms with Crippen LogP contribution in [0.15, 0.2) is 67.3 Å². The van der Waals surface area contributed by atoms with Gasteiger partial charge in [-0.1, -0.05) is 68.5 Å². The van der Waals surface area contributed by atoms with E-state index in [0.29, 0.717) is 44.0 Å². The van der Waals surface area contributed by atoms with Crippen LogP contribution in [0.3, 0.4) is 0 Å². The van der Waals surface area contributed by atoms with Crippen molar-refractivity contribution in [1.29, 1.82) is 0 Å². The smallest absolute Gasteiger partial charge is 0.243 e. The van der Waals surface area contributed by atoms with E-state index in [9.17, 15) is 19.5 Å². The van der Waals surface area contributed by atoms with Gasteiger partial charge in [-0.05, 0) is 68.6 Å². The highest BCUT2D eigenvalue weighted by molar-refractivity contribution is 5.91. The van der Waals surface area contributed by atoms with Crippen LogP contribution in [0.1, 0.15) is 87.6 Å². The lowest BCUT2D eigenvalue weighted by molar-refractivity contribution is -0.138. The van der Waals surface area contributed by atoms with E-state index in [1.165, 1.54) is 6.42 Å². The van der Waals surface area contributed by atoms with Crippen molar-refractivity contribution in [1.82, 2.24) is 30.5 Å². The maximum absolute atomic E-state index is 14.2. The average Bonchev–Trinajstić information content (AvgIpc) is 3.65. The van der Waals surface area contributed by atoms with E-state index in [1.54, 1.807) is 23.6 Å². The molecule has 0 radical (unpaired) electrons. The Balaban J connectivity index is 1.30. The number of aromatic nitrogens is 3. The zero-order valence-electron chi connectivity index (χ0n) is 29.2. The largest absolute Gasteiger partial charge is 0.391 e. The summed E-state index contributed by atoms with van der Waals surface area (Å²) in [6, 6.07) is 14.2. The Bertz CT molecular complexity index is 1440. The molecule has 3 heterocycles. The second kappa shape index (κ2) is 19.3. The van der Waals surface area contributed by atoms with Gasteiger partial charge in [0.2, 0.25) is 17.7 Å². The van der Waals surface area contributed by atoms with Gasteiger partial charge in [0, 0.05) is 55.8 Å². The molecule has 11 nitrogen and oxygen atoms in total. The van der Waals surface area contributed by atoms with Crippen LogP contribution in [0, 0.1) is 11.8 Å². The fraction of sp³-hybridized carbons (Fsp3) is 0.564. The first kappa shape index (κ1) is 37.2. The number of benzene rings is 1. The number of nitrogens with one attached hydrogen (secondary N) is 3. The monoisotopic (exact) mass is 685 g/mol. The third kappa shape index (κ3) is 11.8. The van der Waals surface area contributed by atoms with Gasteiger partial charge < -0.3 is 31.4 Å². The van der Waals surface area contributed by atoms with Gasteiger partial charge in [0.15, 0.2) is 0 Å². The first-order valence-electron chi connectivity index (χ1n) is 18.6. The summed E-state index contributed by atoms with van der Waals surface area (Å²) in [4.78, 5) is 55.1. The molecule has 5 rings (SSSR count). The van der Waals surface area contributed by atoms with E-state index in [4.69, 9.17) is 5.73 Å². The van der Waals surface area contributed by atoms with E-state index in [0.717, 1.165) is 62.6 Å². The Morgan fingerprint density at radius 3 is 2.40 bits per heavy atom. The maximum Gasteiger partial charge on any atom is 0.243 e. The van der Waals surface area contributed by atoms with Crippen LogP contribution in [-0.4, -0.2) is 80.0 Å². The molecule has 0 unspecified atom stereocenters. The van der Waals surface area contributed by atoms with Crippen molar-refractivity contribution in [2.75, 3.05) is 13.1 Å². The zero-order valence-corrected chi connectivity index (χ0v) is 29.2. The molecular formula is C39H55N7O4. The molecule has 1 aliphatic carbocycles. The lowest BCUT2D eigenvalue weighted by atomic mass is 9.83. The lowest BCUT2D eigenvalue weighted by Gasteiger charge is -2.32. The van der Waals surface area contributed by atoms with E-state index in [2.05, 4.69) is 25.6 Å². The summed E-state index contributed by atoms with van der Waals surface area (Å²) in [6.07, 6.45) is 14.7. The van der Waals surface area contributed by atoms with Crippen LogP contribution < -0.4 is 16.4 Å². The average molecular weight is 686 g/mol. The summed E-state index contributed by atoms with van der Waals surface area (Å²) in [6.45, 7) is 1.16. The molecule has 6 N–H and O–H groups in total. The molecule has 1 saturated carbocycles. The number of pyridine rings is 1. The number of carbonyl (C=O) groups is 3. The van der Waals surface area contributed by atoms with Crippen LogP contribution >= 0.6 is 0 Å². The molecule has 4 atom stereocenters. The number of nitrogens with two attached hydrogens (primary N) is 1. The molecule has 270 valence electrons. The molecule has 50 heavy (non-hydrogen) atoms. The quantitative estimate of drug-likeness (QED) is 0.144. The third-order valence-electron chi connectivity index (χ3n) is 10.4. The SMILES string of the molecule is NC1CCN(C(=O)C[C@@H](Cc2ccccc2)C(=O)N[C@@H](Cc2cnc[nH]2)C(=O)N[C@@H](CC2CCCCC2)[C@@H](O)CCCc2ccccn2)CC1. The molecule has 3 amide bonds. The molecule has 2 aromatic heterocycles. The van der Waals surface area contributed by atoms with Crippen molar-refractivity contribution in [2.45, 2.75) is 114 Å². The number of aliphatic hydroxyl groups excluding tert-OH is 1. The molecule has 0 spiro atoms. The van der Waals surface area contributed by atoms with Gasteiger partial charge in [-0.25, -0.2) is 4.98 Å². The number of nitrogens with zero attached hydrogens (tertiary/aromatic N) is 3. The number of rotatable bonds is 17. The van der Waals surface area contributed by atoms with Gasteiger partial charge >= 0.3 is 0 Å². The predicted molar refractivity (Wildman–Crippen MR) is 193 cm³/mol. The van der Waals surface area contributed by atoms with Gasteiger partial charge in [0.1, 0.15) is 6.04 Å². The van der Waals surface area contributed by atoms with Gasteiger partial charge in [0.25, 0.3) is 0 Å². The van der Waals surface area contributed by atoms with Crippen molar-refractivity contribution in [3.63, 3.8) is 0 Å². The van der Waals surface area contributed by atoms with Crippen molar-refractivity contribution >= 4 is 17.7 Å². The minimum atomic E-state index is -0.932. The summed E-state index contributed by atoms with van der Waals surface area (Å²) in [5.41, 5.74) is 8.69. The summed E-state index contributed by atoms with van der Waals surface area (Å²) < 4.78 is 0. The van der Waals surface area contributed by atoms with Crippen LogP contribution in [0.4, 0.5) is 0 Å². The molecular weight excluding hydrogens is 630 g/mol. The molecule has 1 aliphatic heterocycles. The summed E-state index contributed by atoms with van der Waals surface area (Å²) in [7, 11) is 0. The highest BCUT2D eigenvalue weighted by Crippen LogP contribution is 2.29. The number of imidazole rings is 1. The number of amides is 3. The summed E-state index contributed by atoms with van der Waals surface area (Å²) >= 11 is 0. The summed E-state index contributed by atoms with van der Waals surface area (Å²) in [5.74, 6) is -1.04. The molecule has 1 saturated heterocycles. The van der Waals surface area contributed by atoms with Gasteiger partial charge in [-0.3, -0.25) is 19.4 Å². The fourth-order valence-electron chi connectivity index (χ4n) is 7.38. The second-order valence-corrected chi connectivity index (χ2v) is 14.3. The Morgan fingerprint density at radius 2 is 1.70 bits per heavy atom. The van der Waals surface area contributed by atoms with Crippen LogP contribution in [0.2, 0.25) is 0 Å². The second-order valence-electron chi connectivity index (χ2n) is 14.3.